The van der Waals surface area contributed by atoms with Crippen LogP contribution in [0.1, 0.15) is 87.8 Å². The second-order valence-electron chi connectivity index (χ2n) is 10.8. The number of rotatable bonds is 4. The van der Waals surface area contributed by atoms with E-state index in [0.717, 1.165) is 69.9 Å². The maximum absolute atomic E-state index is 13.2. The fourth-order valence-corrected chi connectivity index (χ4v) is 5.27. The number of ether oxygens (including phenoxy) is 1. The molecule has 7 heteroatoms. The van der Waals surface area contributed by atoms with Gasteiger partial charge in [-0.2, -0.15) is 0 Å². The van der Waals surface area contributed by atoms with Crippen LogP contribution < -0.4 is 0 Å². The van der Waals surface area contributed by atoms with E-state index in [1.165, 1.54) is 12.8 Å². The second-order valence-corrected chi connectivity index (χ2v) is 10.8. The Hall–Kier alpha value is -3.22. The zero-order valence-electron chi connectivity index (χ0n) is 21.7. The summed E-state index contributed by atoms with van der Waals surface area (Å²) in [6.45, 7) is 12.6. The van der Waals surface area contributed by atoms with Gasteiger partial charge in [0.2, 0.25) is 0 Å². The van der Waals surface area contributed by atoms with E-state index >= 15 is 0 Å². The van der Waals surface area contributed by atoms with Crippen molar-refractivity contribution in [1.29, 1.82) is 0 Å². The van der Waals surface area contributed by atoms with Gasteiger partial charge in [-0.3, -0.25) is 0 Å². The van der Waals surface area contributed by atoms with Crippen molar-refractivity contribution in [2.24, 2.45) is 0 Å². The molecule has 35 heavy (non-hydrogen) atoms. The number of benzene rings is 1. The number of nitrogens with zero attached hydrogens (tertiary/aromatic N) is 5. The molecule has 0 atom stereocenters. The van der Waals surface area contributed by atoms with Crippen LogP contribution in [0.5, 0.6) is 0 Å². The first-order chi connectivity index (χ1) is 16.6. The van der Waals surface area contributed by atoms with E-state index < -0.39 is 5.60 Å². The quantitative estimate of drug-likeness (QED) is 0.340. The Balaban J connectivity index is 1.58. The summed E-state index contributed by atoms with van der Waals surface area (Å²) in [5, 5.41) is 0. The molecule has 1 aromatic carbocycles. The first-order valence-electron chi connectivity index (χ1n) is 12.7. The number of fused-ring (bicyclic) bond motifs is 2. The van der Waals surface area contributed by atoms with Gasteiger partial charge in [-0.05, 0) is 76.8 Å². The lowest BCUT2D eigenvalue weighted by Crippen LogP contribution is -2.28. The van der Waals surface area contributed by atoms with Crippen molar-refractivity contribution in [3.63, 3.8) is 0 Å². The van der Waals surface area contributed by atoms with Gasteiger partial charge >= 0.3 is 6.09 Å². The molecule has 0 saturated heterocycles. The van der Waals surface area contributed by atoms with E-state index in [1.54, 1.807) is 4.57 Å². The average molecular weight is 474 g/mol. The van der Waals surface area contributed by atoms with E-state index in [9.17, 15) is 4.79 Å². The minimum atomic E-state index is -0.567. The van der Waals surface area contributed by atoms with Crippen LogP contribution in [0.25, 0.3) is 22.2 Å². The van der Waals surface area contributed by atoms with Crippen LogP contribution in [-0.4, -0.2) is 35.8 Å². The Morgan fingerprint density at radius 2 is 1.83 bits per heavy atom. The molecule has 3 heterocycles. The van der Waals surface area contributed by atoms with Gasteiger partial charge in [0.1, 0.15) is 22.8 Å². The molecule has 0 aliphatic heterocycles. The number of aromatic nitrogens is 5. The van der Waals surface area contributed by atoms with Crippen molar-refractivity contribution in [3.05, 3.63) is 52.7 Å². The normalized spacial score (nSPS) is 14.9. The lowest BCUT2D eigenvalue weighted by atomic mass is 10.1. The van der Waals surface area contributed by atoms with Gasteiger partial charge in [-0.25, -0.2) is 24.3 Å². The number of carbonyl (C=O) groups is 1. The molecule has 3 aromatic heterocycles. The predicted molar refractivity (Wildman–Crippen MR) is 138 cm³/mol. The highest BCUT2D eigenvalue weighted by Crippen LogP contribution is 2.36. The Bertz CT molecular complexity index is 1420. The molecular formula is C28H35N5O2. The molecule has 1 fully saturated rings. The summed E-state index contributed by atoms with van der Waals surface area (Å²) in [6, 6.07) is 8.27. The first kappa shape index (κ1) is 23.5. The summed E-state index contributed by atoms with van der Waals surface area (Å²) in [4.78, 5) is 27.9. The minimum absolute atomic E-state index is 0.290. The van der Waals surface area contributed by atoms with Crippen LogP contribution in [0.15, 0.2) is 24.3 Å². The Labute approximate surface area is 206 Å². The maximum atomic E-state index is 13.2. The average Bonchev–Trinajstić information content (AvgIpc) is 3.49. The highest BCUT2D eigenvalue weighted by molar-refractivity contribution is 5.88. The maximum Gasteiger partial charge on any atom is 0.420 e. The van der Waals surface area contributed by atoms with Crippen LogP contribution >= 0.6 is 0 Å². The van der Waals surface area contributed by atoms with E-state index in [2.05, 4.69) is 36.6 Å². The van der Waals surface area contributed by atoms with Gasteiger partial charge in [0.15, 0.2) is 5.65 Å². The lowest BCUT2D eigenvalue weighted by molar-refractivity contribution is 0.0537. The summed E-state index contributed by atoms with van der Waals surface area (Å²) in [7, 11) is 0. The Kier molecular flexibility index (Phi) is 5.90. The fraction of sp³-hybridized carbons (Fsp3) is 0.500. The molecule has 0 amide bonds. The second kappa shape index (κ2) is 8.77. The van der Waals surface area contributed by atoms with Gasteiger partial charge in [0, 0.05) is 18.0 Å². The van der Waals surface area contributed by atoms with E-state index in [-0.39, 0.29) is 12.0 Å². The largest absolute Gasteiger partial charge is 0.443 e. The van der Waals surface area contributed by atoms with Crippen LogP contribution in [0.2, 0.25) is 0 Å². The smallest absolute Gasteiger partial charge is 0.420 e. The number of hydrogen-bond donors (Lipinski definition) is 0. The minimum Gasteiger partial charge on any atom is -0.443 e. The molecule has 5 rings (SSSR count). The third-order valence-corrected chi connectivity index (χ3v) is 6.80. The molecule has 0 bridgehead atoms. The molecule has 0 N–H and O–H groups in total. The first-order valence-corrected chi connectivity index (χ1v) is 12.7. The van der Waals surface area contributed by atoms with Gasteiger partial charge < -0.3 is 9.30 Å². The van der Waals surface area contributed by atoms with E-state index in [4.69, 9.17) is 19.7 Å². The number of pyridine rings is 1. The standard InChI is InChI=1S/C28H35N5O2/c1-7-23-31-24-17(2)14-18(3)29-26(24)32(23)16-19-12-13-22-21(15-19)30-25(20-10-8-9-11-20)33(22)27(34)35-28(4,5)6/h12-15,20H,7-11,16H2,1-6H3. The number of aryl methyl sites for hydroxylation is 3. The highest BCUT2D eigenvalue weighted by atomic mass is 16.6. The summed E-state index contributed by atoms with van der Waals surface area (Å²) < 4.78 is 9.68. The molecule has 1 saturated carbocycles. The van der Waals surface area contributed by atoms with Crippen LogP contribution in [0.4, 0.5) is 4.79 Å². The van der Waals surface area contributed by atoms with Crippen LogP contribution in [0, 0.1) is 13.8 Å². The van der Waals surface area contributed by atoms with E-state index in [0.29, 0.717) is 6.54 Å². The predicted octanol–water partition coefficient (Wildman–Crippen LogP) is 6.45. The number of imidazole rings is 2. The third kappa shape index (κ3) is 4.44. The monoisotopic (exact) mass is 473 g/mol. The van der Waals surface area contributed by atoms with Crippen LogP contribution in [0.3, 0.4) is 0 Å². The number of carbonyl (C=O) groups excluding carboxylic acids is 1. The molecule has 0 unspecified atom stereocenters. The van der Waals surface area contributed by atoms with Gasteiger partial charge in [-0.15, -0.1) is 0 Å². The van der Waals surface area contributed by atoms with Gasteiger partial charge in [0.25, 0.3) is 0 Å². The summed E-state index contributed by atoms with van der Waals surface area (Å²) in [5.74, 6) is 2.14. The molecule has 184 valence electrons. The van der Waals surface area contributed by atoms with Crippen molar-refractivity contribution in [2.75, 3.05) is 0 Å². The zero-order valence-corrected chi connectivity index (χ0v) is 21.7. The third-order valence-electron chi connectivity index (χ3n) is 6.80. The number of hydrogen-bond acceptors (Lipinski definition) is 5. The summed E-state index contributed by atoms with van der Waals surface area (Å²) in [5.41, 5.74) is 6.21. The zero-order chi connectivity index (χ0) is 24.9. The molecular weight excluding hydrogens is 438 g/mol. The molecule has 1 aliphatic carbocycles. The van der Waals surface area contributed by atoms with Gasteiger partial charge in [-0.1, -0.05) is 25.8 Å². The summed E-state index contributed by atoms with van der Waals surface area (Å²) >= 11 is 0. The van der Waals surface area contributed by atoms with Crippen LogP contribution in [-0.2, 0) is 17.7 Å². The SMILES string of the molecule is CCc1nc2c(C)cc(C)nc2n1Cc1ccc2c(c1)nc(C1CCCC1)n2C(=O)OC(C)(C)C. The Morgan fingerprint density at radius 1 is 1.09 bits per heavy atom. The Morgan fingerprint density at radius 3 is 2.51 bits per heavy atom. The lowest BCUT2D eigenvalue weighted by Gasteiger charge is -2.21. The highest BCUT2D eigenvalue weighted by Gasteiger charge is 2.29. The van der Waals surface area contributed by atoms with Crippen molar-refractivity contribution >= 4 is 28.3 Å². The fourth-order valence-electron chi connectivity index (χ4n) is 5.27. The van der Waals surface area contributed by atoms with Crippen molar-refractivity contribution in [2.45, 2.75) is 91.7 Å². The molecule has 0 spiro atoms. The molecule has 7 nitrogen and oxygen atoms in total. The molecule has 4 aromatic rings. The topological polar surface area (TPSA) is 74.8 Å². The van der Waals surface area contributed by atoms with Gasteiger partial charge in [0.05, 0.1) is 17.6 Å². The summed E-state index contributed by atoms with van der Waals surface area (Å²) in [6.07, 6.45) is 4.95. The van der Waals surface area contributed by atoms with Crippen molar-refractivity contribution in [3.8, 4) is 0 Å². The molecule has 0 radical (unpaired) electrons. The van der Waals surface area contributed by atoms with Crippen molar-refractivity contribution < 1.29 is 9.53 Å². The van der Waals surface area contributed by atoms with Crippen molar-refractivity contribution in [1.82, 2.24) is 24.1 Å². The molecule has 1 aliphatic rings. The van der Waals surface area contributed by atoms with E-state index in [1.807, 2.05) is 33.8 Å².